The minimum atomic E-state index is -3.24. The van der Waals surface area contributed by atoms with Crippen LogP contribution in [0.2, 0.25) is 0 Å². The number of hydrogen-bond acceptors (Lipinski definition) is 4. The van der Waals surface area contributed by atoms with Gasteiger partial charge in [-0.2, -0.15) is 0 Å². The van der Waals surface area contributed by atoms with Gasteiger partial charge < -0.3 is 10.4 Å². The largest absolute Gasteiger partial charge is 0.480 e. The summed E-state index contributed by atoms with van der Waals surface area (Å²) in [7, 11) is -3.24. The number of carbonyl (C=O) groups excluding carboxylic acids is 1. The van der Waals surface area contributed by atoms with Crippen molar-refractivity contribution in [3.8, 4) is 0 Å². The lowest BCUT2D eigenvalue weighted by Crippen LogP contribution is -2.48. The van der Waals surface area contributed by atoms with E-state index in [9.17, 15) is 23.1 Å². The van der Waals surface area contributed by atoms with E-state index in [1.165, 1.54) is 4.31 Å². The Morgan fingerprint density at radius 1 is 1.25 bits per heavy atom. The molecule has 132 valence electrons. The monoisotopic (exact) mass is 354 g/mol. The molecule has 0 spiro atoms. The molecule has 1 aromatic rings. The second-order valence-electron chi connectivity index (χ2n) is 6.03. The van der Waals surface area contributed by atoms with Crippen molar-refractivity contribution in [1.29, 1.82) is 0 Å². The minimum absolute atomic E-state index is 0.212. The number of sulfonamides is 1. The van der Waals surface area contributed by atoms with E-state index in [1.807, 2.05) is 30.3 Å². The van der Waals surface area contributed by atoms with Crippen molar-refractivity contribution < 1.29 is 23.1 Å². The van der Waals surface area contributed by atoms with Crippen molar-refractivity contribution in [2.75, 3.05) is 19.3 Å². The maximum absolute atomic E-state index is 12.3. The van der Waals surface area contributed by atoms with Gasteiger partial charge in [-0.25, -0.2) is 17.5 Å². The highest BCUT2D eigenvalue weighted by atomic mass is 32.2. The number of hydrogen-bond donors (Lipinski definition) is 2. The third-order valence-corrected chi connectivity index (χ3v) is 5.49. The number of benzene rings is 1. The highest BCUT2D eigenvalue weighted by Crippen LogP contribution is 2.19. The molecule has 1 fully saturated rings. The summed E-state index contributed by atoms with van der Waals surface area (Å²) < 4.78 is 24.3. The van der Waals surface area contributed by atoms with E-state index < -0.39 is 22.0 Å². The fourth-order valence-electron chi connectivity index (χ4n) is 2.79. The normalized spacial score (nSPS) is 18.0. The van der Waals surface area contributed by atoms with Crippen molar-refractivity contribution >= 4 is 21.9 Å². The molecular weight excluding hydrogens is 332 g/mol. The van der Waals surface area contributed by atoms with Crippen LogP contribution in [0.3, 0.4) is 0 Å². The van der Waals surface area contributed by atoms with E-state index in [0.717, 1.165) is 11.8 Å². The number of carboxylic acid groups (broad SMARTS) is 1. The molecule has 2 N–H and O–H groups in total. The van der Waals surface area contributed by atoms with Crippen LogP contribution in [0.1, 0.15) is 18.4 Å². The molecule has 1 unspecified atom stereocenters. The summed E-state index contributed by atoms with van der Waals surface area (Å²) in [5.74, 6) is -1.77. The zero-order valence-electron chi connectivity index (χ0n) is 13.5. The second kappa shape index (κ2) is 7.76. The molecule has 1 aliphatic heterocycles. The Hall–Kier alpha value is -1.93. The molecule has 1 heterocycles. The van der Waals surface area contributed by atoms with Crippen LogP contribution in [0.5, 0.6) is 0 Å². The van der Waals surface area contributed by atoms with Crippen LogP contribution in [0.4, 0.5) is 0 Å². The predicted octanol–water partition coefficient (Wildman–Crippen LogP) is 0.470. The molecule has 24 heavy (non-hydrogen) atoms. The lowest BCUT2D eigenvalue weighted by molar-refractivity contribution is -0.142. The van der Waals surface area contributed by atoms with E-state index in [-0.39, 0.29) is 31.3 Å². The number of aliphatic carboxylic acids is 1. The van der Waals surface area contributed by atoms with Crippen molar-refractivity contribution in [2.45, 2.75) is 25.3 Å². The van der Waals surface area contributed by atoms with Gasteiger partial charge in [0.05, 0.1) is 6.26 Å². The van der Waals surface area contributed by atoms with E-state index in [1.54, 1.807) is 0 Å². The summed E-state index contributed by atoms with van der Waals surface area (Å²) in [6, 6.07) is 8.11. The van der Waals surface area contributed by atoms with E-state index in [2.05, 4.69) is 5.32 Å². The molecule has 8 heteroatoms. The molecule has 1 aromatic carbocycles. The van der Waals surface area contributed by atoms with Crippen LogP contribution < -0.4 is 5.32 Å². The summed E-state index contributed by atoms with van der Waals surface area (Å²) in [5.41, 5.74) is 0.831. The van der Waals surface area contributed by atoms with Crippen molar-refractivity contribution in [3.63, 3.8) is 0 Å². The molecular formula is C16H22N2O5S. The van der Waals surface area contributed by atoms with E-state index in [4.69, 9.17) is 0 Å². The summed E-state index contributed by atoms with van der Waals surface area (Å²) in [6.45, 7) is 0.570. The maximum atomic E-state index is 12.3. The molecule has 1 amide bonds. The van der Waals surface area contributed by atoms with Crippen LogP contribution in [0, 0.1) is 5.92 Å². The van der Waals surface area contributed by atoms with Crippen LogP contribution in [0.25, 0.3) is 0 Å². The van der Waals surface area contributed by atoms with Crippen molar-refractivity contribution in [1.82, 2.24) is 9.62 Å². The first-order chi connectivity index (χ1) is 11.3. The first-order valence-electron chi connectivity index (χ1n) is 7.79. The van der Waals surface area contributed by atoms with Crippen molar-refractivity contribution in [2.24, 2.45) is 5.92 Å². The molecule has 0 saturated carbocycles. The Labute approximate surface area is 141 Å². The van der Waals surface area contributed by atoms with Crippen LogP contribution in [0.15, 0.2) is 30.3 Å². The molecule has 1 aliphatic rings. The third kappa shape index (κ3) is 5.04. The van der Waals surface area contributed by atoms with Crippen molar-refractivity contribution in [3.05, 3.63) is 35.9 Å². The van der Waals surface area contributed by atoms with Gasteiger partial charge in [-0.1, -0.05) is 30.3 Å². The molecule has 7 nitrogen and oxygen atoms in total. The molecule has 1 saturated heterocycles. The summed E-state index contributed by atoms with van der Waals surface area (Å²) in [5, 5.41) is 11.9. The fraction of sp³-hybridized carbons (Fsp3) is 0.500. The molecule has 0 bridgehead atoms. The van der Waals surface area contributed by atoms with Gasteiger partial charge in [0.15, 0.2) is 0 Å². The smallest absolute Gasteiger partial charge is 0.326 e. The zero-order valence-corrected chi connectivity index (χ0v) is 14.3. The topological polar surface area (TPSA) is 104 Å². The van der Waals surface area contributed by atoms with Gasteiger partial charge in [-0.05, 0) is 18.4 Å². The van der Waals surface area contributed by atoms with Crippen LogP contribution in [-0.4, -0.2) is 55.1 Å². The van der Waals surface area contributed by atoms with E-state index >= 15 is 0 Å². The van der Waals surface area contributed by atoms with Crippen LogP contribution in [-0.2, 0) is 26.0 Å². The third-order valence-electron chi connectivity index (χ3n) is 4.19. The molecule has 0 aromatic heterocycles. The van der Waals surface area contributed by atoms with Crippen LogP contribution >= 0.6 is 0 Å². The van der Waals surface area contributed by atoms with Gasteiger partial charge in [0, 0.05) is 25.4 Å². The maximum Gasteiger partial charge on any atom is 0.326 e. The summed E-state index contributed by atoms with van der Waals surface area (Å²) >= 11 is 0. The Morgan fingerprint density at radius 3 is 2.33 bits per heavy atom. The number of nitrogens with one attached hydrogen (secondary N) is 1. The SMILES string of the molecule is CS(=O)(=O)N1CCC(C(=O)NC(Cc2ccccc2)C(=O)O)CC1. The minimum Gasteiger partial charge on any atom is -0.480 e. The molecule has 1 atom stereocenters. The predicted molar refractivity (Wildman–Crippen MR) is 88.9 cm³/mol. The molecule has 2 rings (SSSR count). The van der Waals surface area contributed by atoms with Gasteiger partial charge >= 0.3 is 5.97 Å². The number of carboxylic acids is 1. The van der Waals surface area contributed by atoms with Gasteiger partial charge in [0.1, 0.15) is 6.04 Å². The second-order valence-corrected chi connectivity index (χ2v) is 8.01. The van der Waals surface area contributed by atoms with Gasteiger partial charge in [-0.3, -0.25) is 4.79 Å². The summed E-state index contributed by atoms with van der Waals surface area (Å²) in [4.78, 5) is 23.7. The Kier molecular flexibility index (Phi) is 5.95. The number of nitrogens with zero attached hydrogens (tertiary/aromatic N) is 1. The average Bonchev–Trinajstić information content (AvgIpc) is 2.54. The Bertz CT molecular complexity index is 682. The Balaban J connectivity index is 1.93. The number of rotatable bonds is 6. The Morgan fingerprint density at radius 2 is 1.83 bits per heavy atom. The summed E-state index contributed by atoms with van der Waals surface area (Å²) in [6.07, 6.45) is 2.16. The number of carbonyl (C=O) groups is 2. The molecule has 0 aliphatic carbocycles. The standard InChI is InChI=1S/C16H22N2O5S/c1-24(22,23)18-9-7-13(8-10-18)15(19)17-14(16(20)21)11-12-5-3-2-4-6-12/h2-6,13-14H,7-11H2,1H3,(H,17,19)(H,20,21). The lowest BCUT2D eigenvalue weighted by Gasteiger charge is -2.30. The average molecular weight is 354 g/mol. The zero-order chi connectivity index (χ0) is 17.7. The van der Waals surface area contributed by atoms with Gasteiger partial charge in [0.2, 0.25) is 15.9 Å². The van der Waals surface area contributed by atoms with Gasteiger partial charge in [-0.15, -0.1) is 0 Å². The first kappa shape index (κ1) is 18.4. The van der Waals surface area contributed by atoms with Gasteiger partial charge in [0.25, 0.3) is 0 Å². The number of amides is 1. The highest BCUT2D eigenvalue weighted by molar-refractivity contribution is 7.88. The number of piperidine rings is 1. The first-order valence-corrected chi connectivity index (χ1v) is 9.64. The lowest BCUT2D eigenvalue weighted by atomic mass is 9.96. The molecule has 0 radical (unpaired) electrons. The fourth-order valence-corrected chi connectivity index (χ4v) is 3.66. The highest BCUT2D eigenvalue weighted by Gasteiger charge is 2.31. The van der Waals surface area contributed by atoms with E-state index in [0.29, 0.717) is 12.8 Å². The quantitative estimate of drug-likeness (QED) is 0.773.